The third-order valence-electron chi connectivity index (χ3n) is 3.32. The third kappa shape index (κ3) is 2.03. The van der Waals surface area contributed by atoms with E-state index < -0.39 is 0 Å². The van der Waals surface area contributed by atoms with Gasteiger partial charge in [-0.1, -0.05) is 17.7 Å². The molecule has 1 aromatic heterocycles. The molecule has 0 fully saturated rings. The monoisotopic (exact) mass is 268 g/mol. The Balaban J connectivity index is 2.20. The molecule has 0 amide bonds. The van der Waals surface area contributed by atoms with Crippen LogP contribution in [0.4, 0.5) is 5.69 Å². The average Bonchev–Trinajstić information content (AvgIpc) is 2.74. The van der Waals surface area contributed by atoms with Gasteiger partial charge in [0.15, 0.2) is 0 Å². The Bertz CT molecular complexity index is 761. The van der Waals surface area contributed by atoms with E-state index in [4.69, 9.17) is 5.21 Å². The van der Waals surface area contributed by atoms with Gasteiger partial charge in [-0.15, -0.1) is 0 Å². The molecule has 0 atom stereocenters. The largest absolute Gasteiger partial charge is 0.733 e. The molecule has 5 heteroatoms. The second-order valence-electron chi connectivity index (χ2n) is 4.78. The quantitative estimate of drug-likeness (QED) is 0.724. The summed E-state index contributed by atoms with van der Waals surface area (Å²) in [6.45, 7) is 3.95. The van der Waals surface area contributed by atoms with E-state index in [9.17, 15) is 5.21 Å². The van der Waals surface area contributed by atoms with Crippen molar-refractivity contribution >= 4 is 16.7 Å². The number of hydrogen-bond acceptors (Lipinski definition) is 4. The van der Waals surface area contributed by atoms with Gasteiger partial charge in [-0.3, -0.25) is 9.77 Å². The lowest BCUT2D eigenvalue weighted by Gasteiger charge is -2.21. The molecule has 0 aliphatic carbocycles. The topological polar surface area (TPSA) is 64.4 Å². The zero-order chi connectivity index (χ0) is 14.3. The molecule has 0 saturated carbocycles. The van der Waals surface area contributed by atoms with E-state index in [0.717, 1.165) is 17.0 Å². The Hall–Kier alpha value is -2.37. The lowest BCUT2D eigenvalue weighted by molar-refractivity contribution is 0.296. The zero-order valence-electron chi connectivity index (χ0n) is 11.2. The maximum atomic E-state index is 10.9. The lowest BCUT2D eigenvalue weighted by Crippen LogP contribution is -2.06. The summed E-state index contributed by atoms with van der Waals surface area (Å²) >= 11 is 0. The summed E-state index contributed by atoms with van der Waals surface area (Å²) in [5.41, 5.74) is 3.96. The summed E-state index contributed by atoms with van der Waals surface area (Å²) in [5, 5.41) is 19.7. The summed E-state index contributed by atoms with van der Waals surface area (Å²) in [6, 6.07) is 13.1. The standard InChI is InChI=1S/C15H14N3O2/c1-10-3-5-12(6-4-10)17-11(2)16-14-9-13(18(19)20)7-8-15(14)17/h3-9,19H,1-2H3/q-1. The molecule has 0 unspecified atom stereocenters. The highest BCUT2D eigenvalue weighted by Gasteiger charge is 2.09. The lowest BCUT2D eigenvalue weighted by atomic mass is 10.2. The van der Waals surface area contributed by atoms with Crippen LogP contribution in [0.3, 0.4) is 0 Å². The van der Waals surface area contributed by atoms with Crippen molar-refractivity contribution in [2.45, 2.75) is 13.8 Å². The Morgan fingerprint density at radius 2 is 1.80 bits per heavy atom. The second kappa shape index (κ2) is 4.63. The SMILES string of the molecule is Cc1ccc(-n2c(C)nc3cc(N([O-])O)ccc32)cc1. The van der Waals surface area contributed by atoms with Gasteiger partial charge in [-0.25, -0.2) is 4.98 Å². The molecule has 102 valence electrons. The van der Waals surface area contributed by atoms with E-state index in [1.165, 1.54) is 5.56 Å². The van der Waals surface area contributed by atoms with Gasteiger partial charge in [0.25, 0.3) is 0 Å². The highest BCUT2D eigenvalue weighted by atomic mass is 16.8. The maximum absolute atomic E-state index is 10.9. The fraction of sp³-hybridized carbons (Fsp3) is 0.133. The van der Waals surface area contributed by atoms with E-state index in [1.54, 1.807) is 18.2 Å². The minimum Gasteiger partial charge on any atom is -0.733 e. The summed E-state index contributed by atoms with van der Waals surface area (Å²) in [5.74, 6) is 0.830. The van der Waals surface area contributed by atoms with E-state index in [-0.39, 0.29) is 10.9 Å². The van der Waals surface area contributed by atoms with Crippen molar-refractivity contribution in [2.24, 2.45) is 0 Å². The van der Waals surface area contributed by atoms with E-state index in [1.807, 2.05) is 42.7 Å². The van der Waals surface area contributed by atoms with Crippen molar-refractivity contribution in [3.63, 3.8) is 0 Å². The van der Waals surface area contributed by atoms with Gasteiger partial charge in [0.05, 0.1) is 16.7 Å². The van der Waals surface area contributed by atoms with Gasteiger partial charge in [0.2, 0.25) is 0 Å². The average molecular weight is 268 g/mol. The Morgan fingerprint density at radius 3 is 2.45 bits per heavy atom. The first-order valence-electron chi connectivity index (χ1n) is 6.28. The molecule has 1 heterocycles. The number of benzene rings is 2. The van der Waals surface area contributed by atoms with Crippen LogP contribution in [-0.4, -0.2) is 14.8 Å². The number of nitrogens with zero attached hydrogens (tertiary/aromatic N) is 3. The molecule has 3 aromatic rings. The first-order chi connectivity index (χ1) is 9.56. The number of imidazole rings is 1. The Morgan fingerprint density at radius 1 is 1.10 bits per heavy atom. The Kier molecular flexibility index (Phi) is 2.93. The molecule has 0 bridgehead atoms. The zero-order valence-corrected chi connectivity index (χ0v) is 11.2. The van der Waals surface area contributed by atoms with Gasteiger partial charge in [-0.05, 0) is 44.2 Å². The molecule has 0 saturated heterocycles. The highest BCUT2D eigenvalue weighted by Crippen LogP contribution is 2.25. The van der Waals surface area contributed by atoms with Gasteiger partial charge in [-0.2, -0.15) is 0 Å². The summed E-state index contributed by atoms with van der Waals surface area (Å²) in [7, 11) is 0. The third-order valence-corrected chi connectivity index (χ3v) is 3.32. The second-order valence-corrected chi connectivity index (χ2v) is 4.78. The predicted molar refractivity (Wildman–Crippen MR) is 78.2 cm³/mol. The van der Waals surface area contributed by atoms with Crippen molar-refractivity contribution in [2.75, 3.05) is 5.23 Å². The summed E-state index contributed by atoms with van der Waals surface area (Å²) in [6.07, 6.45) is 0. The normalized spacial score (nSPS) is 11.0. The van der Waals surface area contributed by atoms with Crippen LogP contribution in [0.25, 0.3) is 16.7 Å². The number of hydrogen-bond donors (Lipinski definition) is 1. The molecule has 0 aliphatic heterocycles. The van der Waals surface area contributed by atoms with Crippen molar-refractivity contribution in [3.05, 3.63) is 59.1 Å². The minimum absolute atomic E-state index is 0.153. The van der Waals surface area contributed by atoms with Gasteiger partial charge in [0, 0.05) is 5.69 Å². The van der Waals surface area contributed by atoms with Crippen LogP contribution in [0, 0.1) is 19.1 Å². The van der Waals surface area contributed by atoms with E-state index >= 15 is 0 Å². The molecule has 0 aliphatic rings. The smallest absolute Gasteiger partial charge is 0.111 e. The molecule has 2 aromatic carbocycles. The van der Waals surface area contributed by atoms with Gasteiger partial charge < -0.3 is 10.4 Å². The summed E-state index contributed by atoms with van der Waals surface area (Å²) in [4.78, 5) is 4.44. The van der Waals surface area contributed by atoms with Crippen molar-refractivity contribution in [1.82, 2.24) is 9.55 Å². The van der Waals surface area contributed by atoms with Crippen molar-refractivity contribution < 1.29 is 5.21 Å². The number of aromatic nitrogens is 2. The van der Waals surface area contributed by atoms with Crippen LogP contribution in [0.1, 0.15) is 11.4 Å². The van der Waals surface area contributed by atoms with E-state index in [0.29, 0.717) is 5.52 Å². The maximum Gasteiger partial charge on any atom is 0.111 e. The fourth-order valence-electron chi connectivity index (χ4n) is 2.33. The summed E-state index contributed by atoms with van der Waals surface area (Å²) < 4.78 is 2.02. The van der Waals surface area contributed by atoms with Crippen LogP contribution >= 0.6 is 0 Å². The first kappa shape index (κ1) is 12.7. The van der Waals surface area contributed by atoms with Gasteiger partial charge >= 0.3 is 0 Å². The molecule has 0 radical (unpaired) electrons. The minimum atomic E-state index is -0.153. The molecule has 3 rings (SSSR count). The number of rotatable bonds is 2. The van der Waals surface area contributed by atoms with Crippen molar-refractivity contribution in [3.8, 4) is 5.69 Å². The van der Waals surface area contributed by atoms with Gasteiger partial charge in [0.1, 0.15) is 5.82 Å². The predicted octanol–water partition coefficient (Wildman–Crippen LogP) is 3.34. The highest BCUT2D eigenvalue weighted by molar-refractivity contribution is 5.82. The van der Waals surface area contributed by atoms with Crippen LogP contribution in [0.15, 0.2) is 42.5 Å². The van der Waals surface area contributed by atoms with E-state index in [2.05, 4.69) is 4.98 Å². The number of anilines is 1. The molecule has 0 spiro atoms. The molecule has 20 heavy (non-hydrogen) atoms. The first-order valence-corrected chi connectivity index (χ1v) is 6.28. The van der Waals surface area contributed by atoms with Crippen LogP contribution in [-0.2, 0) is 0 Å². The molecule has 5 nitrogen and oxygen atoms in total. The molecule has 1 N–H and O–H groups in total. The number of aryl methyl sites for hydroxylation is 2. The fourth-order valence-corrected chi connectivity index (χ4v) is 2.33. The molecular weight excluding hydrogens is 254 g/mol. The van der Waals surface area contributed by atoms with Crippen LogP contribution in [0.5, 0.6) is 0 Å². The number of fused-ring (bicyclic) bond motifs is 1. The van der Waals surface area contributed by atoms with Crippen LogP contribution in [0.2, 0.25) is 0 Å². The van der Waals surface area contributed by atoms with Crippen molar-refractivity contribution in [1.29, 1.82) is 0 Å². The molecular formula is C15H14N3O2-. The Labute approximate surface area is 116 Å². The van der Waals surface area contributed by atoms with Crippen LogP contribution < -0.4 is 5.23 Å².